The van der Waals surface area contributed by atoms with Gasteiger partial charge in [0.2, 0.25) is 0 Å². The van der Waals surface area contributed by atoms with Gasteiger partial charge in [0.1, 0.15) is 5.76 Å². The average Bonchev–Trinajstić information content (AvgIpc) is 3.23. The summed E-state index contributed by atoms with van der Waals surface area (Å²) in [6.07, 6.45) is 8.61. The second-order valence-electron chi connectivity index (χ2n) is 5.12. The van der Waals surface area contributed by atoms with Gasteiger partial charge in [-0.05, 0) is 45.2 Å². The fraction of sp³-hybridized carbons (Fsp3) is 0.125. The molecule has 0 saturated heterocycles. The van der Waals surface area contributed by atoms with Crippen LogP contribution in [0.1, 0.15) is 24.0 Å². The highest BCUT2D eigenvalue weighted by atomic mass is 16.3. The van der Waals surface area contributed by atoms with Crippen molar-refractivity contribution in [3.05, 3.63) is 62.6 Å². The van der Waals surface area contributed by atoms with Crippen molar-refractivity contribution >= 4 is 17.4 Å². The molecule has 1 aromatic carbocycles. The van der Waals surface area contributed by atoms with E-state index < -0.39 is 0 Å². The number of rotatable bonds is 0. The Labute approximate surface area is 98.4 Å². The van der Waals surface area contributed by atoms with Crippen LogP contribution in [0.5, 0.6) is 0 Å². The van der Waals surface area contributed by atoms with Gasteiger partial charge in [0.25, 0.3) is 0 Å². The summed E-state index contributed by atoms with van der Waals surface area (Å²) in [4.78, 5) is 0. The molecule has 1 fully saturated rings. The van der Waals surface area contributed by atoms with Crippen molar-refractivity contribution in [3.8, 4) is 0 Å². The van der Waals surface area contributed by atoms with Crippen LogP contribution in [0.4, 0.5) is 0 Å². The van der Waals surface area contributed by atoms with Gasteiger partial charge < -0.3 is 5.11 Å². The summed E-state index contributed by atoms with van der Waals surface area (Å²) in [5, 5.41) is 12.9. The van der Waals surface area contributed by atoms with Gasteiger partial charge in [-0.15, -0.1) is 0 Å². The molecular weight excluding hydrogens is 208 g/mol. The van der Waals surface area contributed by atoms with Gasteiger partial charge in [-0.1, -0.05) is 24.3 Å². The Morgan fingerprint density at radius 2 is 2.00 bits per heavy atom. The van der Waals surface area contributed by atoms with Gasteiger partial charge in [-0.2, -0.15) is 0 Å². The first-order valence-corrected chi connectivity index (χ1v) is 6.05. The number of benzene rings is 1. The minimum atomic E-state index is 0.531. The summed E-state index contributed by atoms with van der Waals surface area (Å²) in [5.41, 5.74) is 7.64. The van der Waals surface area contributed by atoms with Crippen molar-refractivity contribution in [2.24, 2.45) is 0 Å². The molecular formula is C16H10O. The molecule has 1 N–H and O–H groups in total. The molecule has 4 aliphatic rings. The van der Waals surface area contributed by atoms with Crippen LogP contribution in [0.25, 0.3) is 17.4 Å². The molecule has 1 saturated carbocycles. The Morgan fingerprint density at radius 1 is 1.06 bits per heavy atom. The van der Waals surface area contributed by atoms with Crippen molar-refractivity contribution in [2.75, 3.05) is 0 Å². The van der Waals surface area contributed by atoms with Crippen molar-refractivity contribution in [3.63, 3.8) is 0 Å². The van der Waals surface area contributed by atoms with Crippen LogP contribution in [0, 0.1) is 0 Å². The lowest BCUT2D eigenvalue weighted by Crippen LogP contribution is -2.14. The molecule has 0 unspecified atom stereocenters. The molecule has 1 nitrogen and oxygen atoms in total. The highest BCUT2D eigenvalue weighted by Crippen LogP contribution is 2.49. The maximum atomic E-state index is 10.4. The Hall–Kier alpha value is -2.02. The van der Waals surface area contributed by atoms with E-state index in [1.54, 1.807) is 0 Å². The zero-order chi connectivity index (χ0) is 11.1. The third kappa shape index (κ3) is 0.836. The predicted octanol–water partition coefficient (Wildman–Crippen LogP) is 1.92. The SMILES string of the molecule is OC1=C2CC2=C2CC=CC2=c2ccc3c(c21)C=3. The van der Waals surface area contributed by atoms with E-state index in [1.807, 2.05) is 0 Å². The van der Waals surface area contributed by atoms with E-state index in [0.29, 0.717) is 5.76 Å². The molecule has 0 radical (unpaired) electrons. The first kappa shape index (κ1) is 8.13. The van der Waals surface area contributed by atoms with Crippen LogP contribution in [-0.4, -0.2) is 5.11 Å². The van der Waals surface area contributed by atoms with Crippen molar-refractivity contribution in [1.29, 1.82) is 0 Å². The zero-order valence-corrected chi connectivity index (χ0v) is 9.25. The largest absolute Gasteiger partial charge is 0.507 e. The third-order valence-electron chi connectivity index (χ3n) is 4.20. The van der Waals surface area contributed by atoms with E-state index in [9.17, 15) is 5.11 Å². The third-order valence-corrected chi connectivity index (χ3v) is 4.20. The van der Waals surface area contributed by atoms with Gasteiger partial charge in [0.05, 0.1) is 0 Å². The van der Waals surface area contributed by atoms with E-state index in [1.165, 1.54) is 38.3 Å². The average molecular weight is 218 g/mol. The molecule has 0 bridgehead atoms. The Balaban J connectivity index is 2.06. The number of fused-ring (bicyclic) bond motifs is 5. The Bertz CT molecular complexity index is 829. The quantitative estimate of drug-likeness (QED) is 0.716. The smallest absolute Gasteiger partial charge is 0.127 e. The lowest BCUT2D eigenvalue weighted by atomic mass is 10.0. The lowest BCUT2D eigenvalue weighted by Gasteiger charge is -2.03. The topological polar surface area (TPSA) is 20.2 Å². The summed E-state index contributed by atoms with van der Waals surface area (Å²) in [5.74, 6) is 0.531. The van der Waals surface area contributed by atoms with Gasteiger partial charge in [-0.3, -0.25) is 0 Å². The van der Waals surface area contributed by atoms with E-state index in [-0.39, 0.29) is 0 Å². The zero-order valence-electron chi connectivity index (χ0n) is 9.25. The fourth-order valence-electron chi connectivity index (χ4n) is 3.20. The summed E-state index contributed by atoms with van der Waals surface area (Å²) >= 11 is 0. The van der Waals surface area contributed by atoms with Crippen molar-refractivity contribution in [1.82, 2.24) is 0 Å². The minimum absolute atomic E-state index is 0.531. The normalized spacial score (nSPS) is 21.5. The van der Waals surface area contributed by atoms with Crippen molar-refractivity contribution in [2.45, 2.75) is 12.8 Å². The number of hydrogen-bond acceptors (Lipinski definition) is 1. The standard InChI is InChI=1S/C16H10O/c17-16-14-7-13(14)10-3-1-2-9(10)11-5-4-8-6-12(8)15(11)16/h1-2,4-6,17H,3,7H2. The Kier molecular flexibility index (Phi) is 1.10. The predicted molar refractivity (Wildman–Crippen MR) is 67.6 cm³/mol. The maximum absolute atomic E-state index is 10.4. The van der Waals surface area contributed by atoms with Gasteiger partial charge in [0, 0.05) is 17.6 Å². The summed E-state index contributed by atoms with van der Waals surface area (Å²) in [6.45, 7) is 0. The van der Waals surface area contributed by atoms with E-state index >= 15 is 0 Å². The van der Waals surface area contributed by atoms with Crippen molar-refractivity contribution < 1.29 is 5.11 Å². The molecule has 0 atom stereocenters. The highest BCUT2D eigenvalue weighted by molar-refractivity contribution is 5.93. The van der Waals surface area contributed by atoms with Crippen LogP contribution >= 0.6 is 0 Å². The first-order chi connectivity index (χ1) is 8.34. The highest BCUT2D eigenvalue weighted by Gasteiger charge is 2.35. The Morgan fingerprint density at radius 3 is 2.94 bits per heavy atom. The minimum Gasteiger partial charge on any atom is -0.507 e. The number of aliphatic hydroxyl groups excluding tert-OH is 1. The molecule has 0 amide bonds. The lowest BCUT2D eigenvalue weighted by molar-refractivity contribution is 0.509. The summed E-state index contributed by atoms with van der Waals surface area (Å²) in [6, 6.07) is 4.31. The monoisotopic (exact) mass is 218 g/mol. The molecule has 0 heterocycles. The van der Waals surface area contributed by atoms with Crippen LogP contribution in [0.3, 0.4) is 0 Å². The number of hydrogen-bond donors (Lipinski definition) is 1. The maximum Gasteiger partial charge on any atom is 0.127 e. The molecule has 0 spiro atoms. The number of allylic oxidation sites excluding steroid dienone is 5. The number of aliphatic hydroxyl groups is 1. The molecule has 4 aliphatic carbocycles. The first-order valence-electron chi connectivity index (χ1n) is 6.05. The van der Waals surface area contributed by atoms with Gasteiger partial charge >= 0.3 is 0 Å². The van der Waals surface area contributed by atoms with E-state index in [0.717, 1.165) is 18.4 Å². The second-order valence-corrected chi connectivity index (χ2v) is 5.12. The van der Waals surface area contributed by atoms with Gasteiger partial charge in [-0.25, -0.2) is 0 Å². The second kappa shape index (κ2) is 2.30. The van der Waals surface area contributed by atoms with E-state index in [4.69, 9.17) is 0 Å². The fourth-order valence-corrected chi connectivity index (χ4v) is 3.20. The van der Waals surface area contributed by atoms with Crippen LogP contribution in [-0.2, 0) is 0 Å². The van der Waals surface area contributed by atoms with E-state index in [2.05, 4.69) is 30.4 Å². The molecule has 80 valence electrons. The molecule has 1 aromatic rings. The van der Waals surface area contributed by atoms with Gasteiger partial charge in [0.15, 0.2) is 0 Å². The van der Waals surface area contributed by atoms with Crippen LogP contribution < -0.4 is 10.4 Å². The summed E-state index contributed by atoms with van der Waals surface area (Å²) in [7, 11) is 0. The van der Waals surface area contributed by atoms with Crippen LogP contribution in [0.15, 0.2) is 41.0 Å². The molecule has 0 aliphatic heterocycles. The molecule has 0 aromatic heterocycles. The molecule has 5 rings (SSSR count). The summed E-state index contributed by atoms with van der Waals surface area (Å²) < 4.78 is 0. The molecule has 17 heavy (non-hydrogen) atoms. The van der Waals surface area contributed by atoms with Crippen LogP contribution in [0.2, 0.25) is 0 Å². The molecule has 1 heteroatoms.